The SMILES string of the molecule is [2H]c1c([2H])c([2H])c2c(sc3c([2H])c([2H])c4c5c([2H])c([2H])c([2H])c([2H])c5n(-c5nc(-c6ccccc6)nc(-c6ccc(-c7ccccc7)cc6)n5)c4c32)c1[2H]. The Morgan fingerprint density at radius 3 is 1.84 bits per heavy atom. The van der Waals surface area contributed by atoms with Crippen LogP contribution in [0.25, 0.3) is 81.8 Å². The van der Waals surface area contributed by atoms with E-state index in [1.54, 1.807) is 0 Å². The minimum atomic E-state index is -0.533. The number of nitrogens with zero attached hydrogens (tertiary/aromatic N) is 4. The Morgan fingerprint density at radius 1 is 0.500 bits per heavy atom. The summed E-state index contributed by atoms with van der Waals surface area (Å²) in [7, 11) is 0. The molecule has 0 aliphatic heterocycles. The molecular weight excluding hydrogens is 557 g/mol. The van der Waals surface area contributed by atoms with Crippen LogP contribution in [0.5, 0.6) is 0 Å². The highest BCUT2D eigenvalue weighted by molar-refractivity contribution is 7.26. The van der Waals surface area contributed by atoms with Crippen molar-refractivity contribution in [3.05, 3.63) is 145 Å². The Morgan fingerprint density at radius 2 is 1.09 bits per heavy atom. The van der Waals surface area contributed by atoms with Crippen molar-refractivity contribution in [3.8, 4) is 39.9 Å². The third-order valence-electron chi connectivity index (χ3n) is 7.58. The van der Waals surface area contributed by atoms with Crippen LogP contribution in [-0.4, -0.2) is 19.5 Å². The standard InChI is InChI=1S/C39H24N4S/c1-3-11-25(12-4-1)26-19-21-28(22-20-26)38-40-37(27-13-5-2-6-14-27)41-39(42-38)43-32-17-9-7-15-29(32)30-23-24-34-35(36(30)43)31-16-8-10-18-33(31)44-34/h1-24H/i7D,8D,9D,10D,15D,16D,17D,18D,23D,24D. The maximum atomic E-state index is 9.26. The van der Waals surface area contributed by atoms with Crippen molar-refractivity contribution >= 4 is 53.3 Å². The molecule has 0 N–H and O–H groups in total. The summed E-state index contributed by atoms with van der Waals surface area (Å²) in [5, 5.41) is 0.276. The zero-order valence-electron chi connectivity index (χ0n) is 32.8. The van der Waals surface area contributed by atoms with Gasteiger partial charge in [-0.25, -0.2) is 4.98 Å². The van der Waals surface area contributed by atoms with Crippen molar-refractivity contribution in [1.29, 1.82) is 0 Å². The molecule has 0 amide bonds. The predicted molar refractivity (Wildman–Crippen MR) is 183 cm³/mol. The first kappa shape index (κ1) is 16.8. The molecule has 9 aromatic rings. The van der Waals surface area contributed by atoms with E-state index in [0.717, 1.165) is 22.5 Å². The Kier molecular flexibility index (Phi) is 3.82. The average Bonchev–Trinajstić information content (AvgIpc) is 3.78. The minimum absolute atomic E-state index is 0.0112. The summed E-state index contributed by atoms with van der Waals surface area (Å²) < 4.78 is 90.2. The van der Waals surface area contributed by atoms with Gasteiger partial charge in [0.25, 0.3) is 0 Å². The van der Waals surface area contributed by atoms with Gasteiger partial charge in [-0.2, -0.15) is 9.97 Å². The number of thiophene rings is 1. The van der Waals surface area contributed by atoms with Gasteiger partial charge in [0.2, 0.25) is 5.95 Å². The fourth-order valence-electron chi connectivity index (χ4n) is 5.56. The van der Waals surface area contributed by atoms with Gasteiger partial charge in [-0.1, -0.05) is 127 Å². The van der Waals surface area contributed by atoms with Crippen LogP contribution in [0.1, 0.15) is 13.7 Å². The first-order valence-corrected chi connectivity index (χ1v) is 14.6. The van der Waals surface area contributed by atoms with Crippen molar-refractivity contribution in [1.82, 2.24) is 19.5 Å². The van der Waals surface area contributed by atoms with Crippen molar-refractivity contribution in [2.45, 2.75) is 0 Å². The molecule has 6 aromatic carbocycles. The lowest BCUT2D eigenvalue weighted by molar-refractivity contribution is 0.955. The molecule has 0 saturated carbocycles. The van der Waals surface area contributed by atoms with Gasteiger partial charge in [-0.15, -0.1) is 11.3 Å². The molecule has 0 spiro atoms. The van der Waals surface area contributed by atoms with Crippen LogP contribution in [-0.2, 0) is 0 Å². The van der Waals surface area contributed by atoms with E-state index in [2.05, 4.69) is 0 Å². The molecule has 0 fully saturated rings. The highest BCUT2D eigenvalue weighted by Gasteiger charge is 2.21. The molecule has 0 radical (unpaired) electrons. The summed E-state index contributed by atoms with van der Waals surface area (Å²) in [6.07, 6.45) is 0. The van der Waals surface area contributed by atoms with Gasteiger partial charge in [0.15, 0.2) is 11.6 Å². The lowest BCUT2D eigenvalue weighted by atomic mass is 10.0. The molecule has 0 saturated heterocycles. The van der Waals surface area contributed by atoms with E-state index in [-0.39, 0.29) is 83.7 Å². The maximum Gasteiger partial charge on any atom is 0.238 e. The Bertz CT molecular complexity index is 3040. The smallest absolute Gasteiger partial charge is 0.238 e. The van der Waals surface area contributed by atoms with E-state index in [1.807, 2.05) is 84.9 Å². The fourth-order valence-corrected chi connectivity index (χ4v) is 6.53. The Balaban J connectivity index is 1.48. The Hall–Kier alpha value is -5.65. The molecule has 4 nitrogen and oxygen atoms in total. The van der Waals surface area contributed by atoms with E-state index in [0.29, 0.717) is 11.1 Å². The second-order valence-corrected chi connectivity index (χ2v) is 11.2. The second-order valence-electron chi connectivity index (χ2n) is 10.1. The minimum Gasteiger partial charge on any atom is -0.277 e. The summed E-state index contributed by atoms with van der Waals surface area (Å²) in [6, 6.07) is 22.6. The number of fused-ring (bicyclic) bond motifs is 7. The Labute approximate surface area is 271 Å². The molecule has 0 bridgehead atoms. The molecule has 0 aliphatic carbocycles. The molecule has 0 unspecified atom stereocenters. The zero-order valence-corrected chi connectivity index (χ0v) is 23.6. The van der Waals surface area contributed by atoms with Gasteiger partial charge >= 0.3 is 0 Å². The first-order valence-electron chi connectivity index (χ1n) is 18.8. The highest BCUT2D eigenvalue weighted by Crippen LogP contribution is 2.42. The number of hydrogen-bond acceptors (Lipinski definition) is 4. The van der Waals surface area contributed by atoms with Gasteiger partial charge < -0.3 is 0 Å². The van der Waals surface area contributed by atoms with E-state index < -0.39 is 36.3 Å². The van der Waals surface area contributed by atoms with E-state index in [9.17, 15) is 2.74 Å². The third-order valence-corrected chi connectivity index (χ3v) is 8.60. The third kappa shape index (κ3) is 3.94. The molecule has 3 heterocycles. The monoisotopic (exact) mass is 590 g/mol. The lowest BCUT2D eigenvalue weighted by Gasteiger charge is -2.12. The van der Waals surface area contributed by atoms with Crippen LogP contribution in [0.4, 0.5) is 0 Å². The number of benzene rings is 6. The normalized spacial score (nSPS) is 14.8. The van der Waals surface area contributed by atoms with Crippen molar-refractivity contribution in [2.75, 3.05) is 0 Å². The van der Waals surface area contributed by atoms with Crippen LogP contribution in [0.3, 0.4) is 0 Å². The fraction of sp³-hybridized carbons (Fsp3) is 0. The van der Waals surface area contributed by atoms with E-state index in [1.165, 1.54) is 4.57 Å². The van der Waals surface area contributed by atoms with Crippen molar-refractivity contribution in [3.63, 3.8) is 0 Å². The molecule has 206 valence electrons. The molecular formula is C39H24N4S. The predicted octanol–water partition coefficient (Wildman–Crippen LogP) is 10.3. The second kappa shape index (κ2) is 9.97. The molecule has 44 heavy (non-hydrogen) atoms. The van der Waals surface area contributed by atoms with Crippen LogP contribution in [0.15, 0.2) is 145 Å². The van der Waals surface area contributed by atoms with E-state index in [4.69, 9.17) is 25.9 Å². The molecule has 0 aliphatic rings. The largest absolute Gasteiger partial charge is 0.277 e. The maximum absolute atomic E-state index is 9.26. The summed E-state index contributed by atoms with van der Waals surface area (Å²) in [6.45, 7) is 0. The molecule has 3 aromatic heterocycles. The van der Waals surface area contributed by atoms with Crippen LogP contribution < -0.4 is 0 Å². The van der Waals surface area contributed by atoms with Crippen LogP contribution in [0.2, 0.25) is 0 Å². The summed E-state index contributed by atoms with van der Waals surface area (Å²) >= 11 is 0.956. The van der Waals surface area contributed by atoms with Gasteiger partial charge in [0.05, 0.1) is 24.7 Å². The topological polar surface area (TPSA) is 43.6 Å². The molecule has 9 rings (SSSR count). The van der Waals surface area contributed by atoms with Gasteiger partial charge in [0, 0.05) is 42.1 Å². The first-order chi connectivity index (χ1) is 26.0. The van der Waals surface area contributed by atoms with Crippen molar-refractivity contribution < 1.29 is 13.7 Å². The summed E-state index contributed by atoms with van der Waals surface area (Å²) in [5.74, 6) is 0.468. The lowest BCUT2D eigenvalue weighted by Crippen LogP contribution is -2.06. The van der Waals surface area contributed by atoms with Crippen molar-refractivity contribution in [2.24, 2.45) is 0 Å². The zero-order chi connectivity index (χ0) is 37.7. The quantitative estimate of drug-likeness (QED) is 0.205. The van der Waals surface area contributed by atoms with Crippen LogP contribution >= 0.6 is 11.3 Å². The average molecular weight is 591 g/mol. The summed E-state index contributed by atoms with van der Waals surface area (Å²) in [4.78, 5) is 14.7. The number of rotatable bonds is 4. The van der Waals surface area contributed by atoms with Gasteiger partial charge in [-0.05, 0) is 29.3 Å². The number of hydrogen-bond donors (Lipinski definition) is 0. The molecule has 5 heteroatoms. The highest BCUT2D eigenvalue weighted by atomic mass is 32.1. The summed E-state index contributed by atoms with van der Waals surface area (Å²) in [5.41, 5.74) is 3.34. The number of aromatic nitrogens is 4. The van der Waals surface area contributed by atoms with Gasteiger partial charge in [-0.3, -0.25) is 4.57 Å². The number of para-hydroxylation sites is 1. The van der Waals surface area contributed by atoms with E-state index >= 15 is 0 Å². The molecule has 0 atom stereocenters. The van der Waals surface area contributed by atoms with Gasteiger partial charge in [0.1, 0.15) is 0 Å². The van der Waals surface area contributed by atoms with Crippen LogP contribution in [0, 0.1) is 0 Å².